The Hall–Kier alpha value is -0.660. The topological polar surface area (TPSA) is 42.7 Å². The zero-order valence-electron chi connectivity index (χ0n) is 10.9. The Labute approximate surface area is 131 Å². The highest BCUT2D eigenvalue weighted by Crippen LogP contribution is 2.26. The number of rotatable bonds is 5. The summed E-state index contributed by atoms with van der Waals surface area (Å²) in [5.74, 6) is 0. The van der Waals surface area contributed by atoms with E-state index >= 15 is 0 Å². The molecule has 1 N–H and O–H groups in total. The number of nitrogens with one attached hydrogen (secondary N) is 1. The first-order chi connectivity index (χ1) is 9.17. The van der Waals surface area contributed by atoms with Gasteiger partial charge in [-0.2, -0.15) is 0 Å². The summed E-state index contributed by atoms with van der Waals surface area (Å²) < 4.78 is 2.99. The average molecular weight is 391 g/mol. The zero-order valence-corrected chi connectivity index (χ0v) is 13.8. The van der Waals surface area contributed by atoms with Gasteiger partial charge in [-0.15, -0.1) is 5.10 Å². The lowest BCUT2D eigenvalue weighted by atomic mass is 10.0. The highest BCUT2D eigenvalue weighted by molar-refractivity contribution is 14.1. The molecule has 0 aliphatic heterocycles. The molecule has 0 aliphatic rings. The lowest BCUT2D eigenvalue weighted by Gasteiger charge is -2.18. The van der Waals surface area contributed by atoms with Gasteiger partial charge in [0.05, 0.1) is 23.0 Å². The average Bonchev–Trinajstić information content (AvgIpc) is 2.83. The third-order valence-electron chi connectivity index (χ3n) is 2.94. The number of halogens is 2. The molecule has 0 aliphatic carbocycles. The molecule has 0 bridgehead atoms. The van der Waals surface area contributed by atoms with Gasteiger partial charge in [-0.3, -0.25) is 0 Å². The van der Waals surface area contributed by atoms with E-state index in [-0.39, 0.29) is 6.04 Å². The van der Waals surface area contributed by atoms with Crippen molar-refractivity contribution in [3.63, 3.8) is 0 Å². The molecule has 0 radical (unpaired) electrons. The van der Waals surface area contributed by atoms with E-state index in [1.807, 2.05) is 30.1 Å². The van der Waals surface area contributed by atoms with E-state index in [1.54, 1.807) is 0 Å². The van der Waals surface area contributed by atoms with E-state index in [9.17, 15) is 0 Å². The molecule has 102 valence electrons. The van der Waals surface area contributed by atoms with E-state index in [2.05, 4.69) is 51.2 Å². The second kappa shape index (κ2) is 6.67. The SMILES string of the molecule is CCCn1nncc1C(NC)c1ccc(I)c(Cl)c1. The van der Waals surface area contributed by atoms with Gasteiger partial charge in [-0.05, 0) is 53.8 Å². The number of aromatic nitrogens is 3. The molecule has 2 rings (SSSR count). The fourth-order valence-corrected chi connectivity index (χ4v) is 2.58. The maximum absolute atomic E-state index is 6.20. The van der Waals surface area contributed by atoms with Gasteiger partial charge in [0.2, 0.25) is 0 Å². The molecule has 1 atom stereocenters. The Morgan fingerprint density at radius 2 is 2.26 bits per heavy atom. The fourth-order valence-electron chi connectivity index (χ4n) is 2.05. The maximum Gasteiger partial charge on any atom is 0.0801 e. The molecule has 1 aromatic heterocycles. The first kappa shape index (κ1) is 14.7. The molecule has 19 heavy (non-hydrogen) atoms. The first-order valence-electron chi connectivity index (χ1n) is 6.18. The normalized spacial score (nSPS) is 12.6. The Morgan fingerprint density at radius 1 is 1.47 bits per heavy atom. The summed E-state index contributed by atoms with van der Waals surface area (Å²) in [6.45, 7) is 2.99. The summed E-state index contributed by atoms with van der Waals surface area (Å²) >= 11 is 8.43. The summed E-state index contributed by atoms with van der Waals surface area (Å²) in [5, 5.41) is 12.2. The standard InChI is InChI=1S/C13H16ClIN4/c1-3-6-19-12(8-17-18-19)13(16-2)9-4-5-11(15)10(14)7-9/h4-5,7-8,13,16H,3,6H2,1-2H3. The molecule has 0 spiro atoms. The predicted octanol–water partition coefficient (Wildman–Crippen LogP) is 3.25. The van der Waals surface area contributed by atoms with Gasteiger partial charge in [-0.1, -0.05) is 29.8 Å². The van der Waals surface area contributed by atoms with Crippen molar-refractivity contribution in [1.82, 2.24) is 20.3 Å². The van der Waals surface area contributed by atoms with E-state index in [1.165, 1.54) is 0 Å². The van der Waals surface area contributed by atoms with Crippen LogP contribution in [0, 0.1) is 3.57 Å². The molecule has 1 aromatic carbocycles. The Kier molecular flexibility index (Phi) is 5.18. The lowest BCUT2D eigenvalue weighted by Crippen LogP contribution is -2.21. The van der Waals surface area contributed by atoms with Gasteiger partial charge in [0.25, 0.3) is 0 Å². The minimum atomic E-state index is 0.0519. The van der Waals surface area contributed by atoms with Gasteiger partial charge in [-0.25, -0.2) is 4.68 Å². The first-order valence-corrected chi connectivity index (χ1v) is 7.63. The number of aryl methyl sites for hydroxylation is 1. The molecule has 1 heterocycles. The van der Waals surface area contributed by atoms with Crippen LogP contribution in [0.2, 0.25) is 5.02 Å². The molecule has 1 unspecified atom stereocenters. The van der Waals surface area contributed by atoms with Crippen molar-refractivity contribution < 1.29 is 0 Å². The van der Waals surface area contributed by atoms with Crippen molar-refractivity contribution in [3.05, 3.63) is 44.2 Å². The van der Waals surface area contributed by atoms with Crippen LogP contribution in [-0.2, 0) is 6.54 Å². The van der Waals surface area contributed by atoms with Crippen molar-refractivity contribution >= 4 is 34.2 Å². The number of hydrogen-bond donors (Lipinski definition) is 1. The monoisotopic (exact) mass is 390 g/mol. The van der Waals surface area contributed by atoms with E-state index in [0.29, 0.717) is 0 Å². The predicted molar refractivity (Wildman–Crippen MR) is 85.4 cm³/mol. The number of benzene rings is 1. The van der Waals surface area contributed by atoms with Gasteiger partial charge < -0.3 is 5.32 Å². The quantitative estimate of drug-likeness (QED) is 0.797. The van der Waals surface area contributed by atoms with Crippen molar-refractivity contribution in [3.8, 4) is 0 Å². The van der Waals surface area contributed by atoms with Gasteiger partial charge >= 0.3 is 0 Å². The van der Waals surface area contributed by atoms with Gasteiger partial charge in [0, 0.05) is 10.1 Å². The van der Waals surface area contributed by atoms with Crippen LogP contribution < -0.4 is 5.32 Å². The summed E-state index contributed by atoms with van der Waals surface area (Å²) in [4.78, 5) is 0. The summed E-state index contributed by atoms with van der Waals surface area (Å²) in [6, 6.07) is 6.15. The van der Waals surface area contributed by atoms with Crippen molar-refractivity contribution in [2.75, 3.05) is 7.05 Å². The maximum atomic E-state index is 6.20. The van der Waals surface area contributed by atoms with Crippen LogP contribution in [0.25, 0.3) is 0 Å². The van der Waals surface area contributed by atoms with E-state index in [4.69, 9.17) is 11.6 Å². The Morgan fingerprint density at radius 3 is 2.89 bits per heavy atom. The summed E-state index contributed by atoms with van der Waals surface area (Å²) in [5.41, 5.74) is 2.18. The van der Waals surface area contributed by atoms with Crippen molar-refractivity contribution in [2.45, 2.75) is 25.9 Å². The molecular formula is C13H16ClIN4. The minimum absolute atomic E-state index is 0.0519. The van der Waals surface area contributed by atoms with Gasteiger partial charge in [0.1, 0.15) is 0 Å². The van der Waals surface area contributed by atoms with Crippen LogP contribution >= 0.6 is 34.2 Å². The second-order valence-electron chi connectivity index (χ2n) is 4.28. The summed E-state index contributed by atoms with van der Waals surface area (Å²) in [7, 11) is 1.93. The van der Waals surface area contributed by atoms with Crippen LogP contribution in [-0.4, -0.2) is 22.0 Å². The van der Waals surface area contributed by atoms with Crippen LogP contribution in [0.4, 0.5) is 0 Å². The van der Waals surface area contributed by atoms with Crippen LogP contribution in [0.15, 0.2) is 24.4 Å². The smallest absolute Gasteiger partial charge is 0.0801 e. The number of nitrogens with zero attached hydrogens (tertiary/aromatic N) is 3. The highest BCUT2D eigenvalue weighted by Gasteiger charge is 2.18. The summed E-state index contributed by atoms with van der Waals surface area (Å²) in [6.07, 6.45) is 2.84. The van der Waals surface area contributed by atoms with Crippen LogP contribution in [0.1, 0.15) is 30.6 Å². The van der Waals surface area contributed by atoms with Crippen LogP contribution in [0.5, 0.6) is 0 Å². The van der Waals surface area contributed by atoms with Crippen molar-refractivity contribution in [1.29, 1.82) is 0 Å². The lowest BCUT2D eigenvalue weighted by molar-refractivity contribution is 0.523. The van der Waals surface area contributed by atoms with Gasteiger partial charge in [0.15, 0.2) is 0 Å². The Balaban J connectivity index is 2.38. The molecule has 2 aromatic rings. The molecule has 0 saturated heterocycles. The number of hydrogen-bond acceptors (Lipinski definition) is 3. The van der Waals surface area contributed by atoms with E-state index < -0.39 is 0 Å². The third kappa shape index (κ3) is 3.27. The largest absolute Gasteiger partial charge is 0.308 e. The third-order valence-corrected chi connectivity index (χ3v) is 4.52. The highest BCUT2D eigenvalue weighted by atomic mass is 127. The molecule has 0 saturated carbocycles. The second-order valence-corrected chi connectivity index (χ2v) is 5.85. The molecule has 0 amide bonds. The molecule has 0 fully saturated rings. The molecular weight excluding hydrogens is 375 g/mol. The Bertz CT molecular complexity index is 555. The van der Waals surface area contributed by atoms with E-state index in [0.717, 1.165) is 32.8 Å². The zero-order chi connectivity index (χ0) is 13.8. The fraction of sp³-hybridized carbons (Fsp3) is 0.385. The van der Waals surface area contributed by atoms with Crippen molar-refractivity contribution in [2.24, 2.45) is 0 Å². The minimum Gasteiger partial charge on any atom is -0.308 e. The van der Waals surface area contributed by atoms with Crippen LogP contribution in [0.3, 0.4) is 0 Å². The molecule has 4 nitrogen and oxygen atoms in total. The molecule has 6 heteroatoms.